The second-order valence-corrected chi connectivity index (χ2v) is 8.06. The number of hydrogen-bond acceptors (Lipinski definition) is 9. The highest BCUT2D eigenvalue weighted by molar-refractivity contribution is 7.98. The summed E-state index contributed by atoms with van der Waals surface area (Å²) in [5.41, 5.74) is 1.69. The van der Waals surface area contributed by atoms with Gasteiger partial charge in [-0.25, -0.2) is 9.78 Å². The fraction of sp³-hybridized carbons (Fsp3) is 0.562. The molecule has 2 saturated heterocycles. The molecule has 134 valence electrons. The Morgan fingerprint density at radius 2 is 2.44 bits per heavy atom. The van der Waals surface area contributed by atoms with Crippen molar-refractivity contribution in [3.05, 3.63) is 27.9 Å². The molecule has 2 fully saturated rings. The molecule has 7 nitrogen and oxygen atoms in total. The van der Waals surface area contributed by atoms with Crippen LogP contribution < -0.4 is 4.72 Å². The van der Waals surface area contributed by atoms with Gasteiger partial charge in [-0.15, -0.1) is 11.3 Å². The maximum Gasteiger partial charge on any atom is 0.337 e. The summed E-state index contributed by atoms with van der Waals surface area (Å²) in [5, 5.41) is 3.35. The van der Waals surface area contributed by atoms with E-state index in [4.69, 9.17) is 9.47 Å². The highest BCUT2D eigenvalue weighted by Gasteiger charge is 2.38. The predicted molar refractivity (Wildman–Crippen MR) is 97.6 cm³/mol. The molecule has 0 spiro atoms. The van der Waals surface area contributed by atoms with Crippen LogP contribution in [0.15, 0.2) is 27.8 Å². The Morgan fingerprint density at radius 3 is 3.12 bits per heavy atom. The summed E-state index contributed by atoms with van der Waals surface area (Å²) in [7, 11) is 0. The predicted octanol–water partition coefficient (Wildman–Crippen LogP) is 1.43. The van der Waals surface area contributed by atoms with Gasteiger partial charge in [0.15, 0.2) is 10.8 Å². The van der Waals surface area contributed by atoms with Gasteiger partial charge in [0.25, 0.3) is 0 Å². The van der Waals surface area contributed by atoms with Gasteiger partial charge in [-0.2, -0.15) is 0 Å². The van der Waals surface area contributed by atoms with Crippen molar-refractivity contribution < 1.29 is 14.3 Å². The summed E-state index contributed by atoms with van der Waals surface area (Å²) in [6.07, 6.45) is 2.57. The van der Waals surface area contributed by atoms with Crippen LogP contribution >= 0.6 is 23.3 Å². The molecule has 1 N–H and O–H groups in total. The van der Waals surface area contributed by atoms with Gasteiger partial charge >= 0.3 is 5.97 Å². The molecule has 0 aliphatic carbocycles. The van der Waals surface area contributed by atoms with Crippen molar-refractivity contribution in [2.45, 2.75) is 24.6 Å². The van der Waals surface area contributed by atoms with Gasteiger partial charge in [-0.1, -0.05) is 11.9 Å². The van der Waals surface area contributed by atoms with Crippen LogP contribution in [0.4, 0.5) is 0 Å². The molecule has 3 aliphatic rings. The summed E-state index contributed by atoms with van der Waals surface area (Å²) in [5.74, 6) is 0.601. The van der Waals surface area contributed by atoms with Gasteiger partial charge in [-0.3, -0.25) is 9.71 Å². The zero-order chi connectivity index (χ0) is 17.2. The Morgan fingerprint density at radius 1 is 1.56 bits per heavy atom. The Balaban J connectivity index is 1.54. The molecular weight excluding hydrogens is 360 g/mol. The molecule has 0 radical (unpaired) electrons. The fourth-order valence-electron chi connectivity index (χ4n) is 3.04. The highest BCUT2D eigenvalue weighted by Crippen LogP contribution is 2.32. The molecule has 4 rings (SSSR count). The second-order valence-electron chi connectivity index (χ2n) is 6.03. The van der Waals surface area contributed by atoms with E-state index < -0.39 is 0 Å². The van der Waals surface area contributed by atoms with E-state index in [1.165, 1.54) is 0 Å². The summed E-state index contributed by atoms with van der Waals surface area (Å²) < 4.78 is 14.0. The fourth-order valence-corrected chi connectivity index (χ4v) is 4.56. The Kier molecular flexibility index (Phi) is 5.07. The number of carbonyl (C=O) groups excluding carboxylic acids is 1. The number of hydrogen-bond donors (Lipinski definition) is 1. The van der Waals surface area contributed by atoms with Crippen LogP contribution in [0.5, 0.6) is 0 Å². The van der Waals surface area contributed by atoms with Crippen molar-refractivity contribution in [2.24, 2.45) is 4.99 Å². The van der Waals surface area contributed by atoms with Crippen molar-refractivity contribution in [3.63, 3.8) is 0 Å². The Hall–Kier alpha value is -1.42. The first-order valence-electron chi connectivity index (χ1n) is 8.36. The van der Waals surface area contributed by atoms with Gasteiger partial charge in [0.05, 0.1) is 37.2 Å². The molecule has 1 aromatic rings. The molecule has 3 aliphatic heterocycles. The van der Waals surface area contributed by atoms with E-state index in [2.05, 4.69) is 19.6 Å². The van der Waals surface area contributed by atoms with E-state index in [0.29, 0.717) is 24.0 Å². The van der Waals surface area contributed by atoms with Crippen molar-refractivity contribution >= 4 is 35.1 Å². The summed E-state index contributed by atoms with van der Waals surface area (Å²) >= 11 is 3.30. The molecule has 1 unspecified atom stereocenters. The van der Waals surface area contributed by atoms with E-state index in [1.807, 2.05) is 12.3 Å². The summed E-state index contributed by atoms with van der Waals surface area (Å²) in [6.45, 7) is 4.93. The standard InChI is InChI=1S/C16H20N4O3S2/c1-2-23-16(21)12-6-18-14(15-17-3-4-24-15)20-7-10(5-13(12)20)19-25-11-8-22-9-11/h3-4,10-11,19H,2,5-9H2,1H3. The lowest BCUT2D eigenvalue weighted by Crippen LogP contribution is -2.38. The number of esters is 1. The van der Waals surface area contributed by atoms with Gasteiger partial charge in [0.1, 0.15) is 0 Å². The van der Waals surface area contributed by atoms with Crippen LogP contribution in [-0.2, 0) is 14.3 Å². The number of thiazole rings is 1. The van der Waals surface area contributed by atoms with E-state index in [1.54, 1.807) is 29.5 Å². The number of amidine groups is 1. The molecule has 4 heterocycles. The summed E-state index contributed by atoms with van der Waals surface area (Å²) in [4.78, 5) is 23.5. The van der Waals surface area contributed by atoms with Crippen LogP contribution in [-0.4, -0.2) is 65.9 Å². The number of ether oxygens (including phenoxy) is 2. The van der Waals surface area contributed by atoms with Crippen LogP contribution in [0.25, 0.3) is 0 Å². The van der Waals surface area contributed by atoms with Gasteiger partial charge in [0, 0.05) is 36.3 Å². The SMILES string of the molecule is CCOC(=O)C1=C2CC(NSC3COC3)CN2C(c2nccs2)=NC1. The zero-order valence-corrected chi connectivity index (χ0v) is 15.6. The van der Waals surface area contributed by atoms with Crippen molar-refractivity contribution in [3.8, 4) is 0 Å². The molecule has 0 aromatic carbocycles. The van der Waals surface area contributed by atoms with Crippen molar-refractivity contribution in [1.82, 2.24) is 14.6 Å². The number of aromatic nitrogens is 1. The number of carbonyl (C=O) groups is 1. The highest BCUT2D eigenvalue weighted by atomic mass is 32.2. The number of nitrogens with zero attached hydrogens (tertiary/aromatic N) is 3. The number of fused-ring (bicyclic) bond motifs is 1. The second kappa shape index (κ2) is 7.45. The smallest absolute Gasteiger partial charge is 0.337 e. The lowest BCUT2D eigenvalue weighted by atomic mass is 10.1. The van der Waals surface area contributed by atoms with E-state index in [9.17, 15) is 4.79 Å². The van der Waals surface area contributed by atoms with Crippen molar-refractivity contribution in [2.75, 3.05) is 32.9 Å². The van der Waals surface area contributed by atoms with Crippen LogP contribution in [0, 0.1) is 0 Å². The number of rotatable bonds is 6. The van der Waals surface area contributed by atoms with Crippen molar-refractivity contribution in [1.29, 1.82) is 0 Å². The first-order valence-corrected chi connectivity index (χ1v) is 10.1. The zero-order valence-electron chi connectivity index (χ0n) is 13.9. The minimum atomic E-state index is -0.259. The Bertz CT molecular complexity index is 700. The third-order valence-corrected chi connectivity index (χ3v) is 6.16. The van der Waals surface area contributed by atoms with Crippen LogP contribution in [0.3, 0.4) is 0 Å². The molecule has 25 heavy (non-hydrogen) atoms. The van der Waals surface area contributed by atoms with E-state index >= 15 is 0 Å². The first kappa shape index (κ1) is 17.0. The average molecular weight is 380 g/mol. The van der Waals surface area contributed by atoms with E-state index in [-0.39, 0.29) is 12.0 Å². The van der Waals surface area contributed by atoms with Crippen LogP contribution in [0.1, 0.15) is 18.4 Å². The minimum absolute atomic E-state index is 0.258. The molecular formula is C16H20N4O3S2. The third kappa shape index (κ3) is 3.46. The van der Waals surface area contributed by atoms with Gasteiger partial charge < -0.3 is 14.4 Å². The lowest BCUT2D eigenvalue weighted by molar-refractivity contribution is -0.138. The average Bonchev–Trinajstić information content (AvgIpc) is 3.22. The maximum absolute atomic E-state index is 12.3. The third-order valence-electron chi connectivity index (χ3n) is 4.31. The monoisotopic (exact) mass is 380 g/mol. The normalized spacial score (nSPS) is 23.3. The lowest BCUT2D eigenvalue weighted by Gasteiger charge is -2.27. The molecule has 1 atom stereocenters. The molecule has 0 bridgehead atoms. The number of nitrogens with one attached hydrogen (secondary N) is 1. The molecule has 1 aromatic heterocycles. The number of aliphatic imine (C=N–C) groups is 1. The maximum atomic E-state index is 12.3. The largest absolute Gasteiger partial charge is 0.463 e. The summed E-state index contributed by atoms with van der Waals surface area (Å²) in [6, 6.07) is 0.258. The van der Waals surface area contributed by atoms with Gasteiger partial charge in [-0.05, 0) is 6.92 Å². The Labute approximate surface area is 154 Å². The minimum Gasteiger partial charge on any atom is -0.463 e. The molecule has 0 amide bonds. The van der Waals surface area contributed by atoms with Crippen LogP contribution in [0.2, 0.25) is 0 Å². The van der Waals surface area contributed by atoms with Gasteiger partial charge in [0.2, 0.25) is 0 Å². The molecule has 9 heteroatoms. The molecule has 0 saturated carbocycles. The topological polar surface area (TPSA) is 76.1 Å². The van der Waals surface area contributed by atoms with E-state index in [0.717, 1.165) is 42.7 Å². The first-order chi connectivity index (χ1) is 12.3. The quantitative estimate of drug-likeness (QED) is 0.591.